The fraction of sp³-hybridized carbons (Fsp3) is 0.263. The third kappa shape index (κ3) is 4.64. The summed E-state index contributed by atoms with van der Waals surface area (Å²) < 4.78 is 7.57. The lowest BCUT2D eigenvalue weighted by Gasteiger charge is -2.06. The van der Waals surface area contributed by atoms with Crippen molar-refractivity contribution in [3.63, 3.8) is 0 Å². The molecule has 0 atom stereocenters. The molecule has 25 heavy (non-hydrogen) atoms. The Kier molecular flexibility index (Phi) is 7.08. The second-order valence-electron chi connectivity index (χ2n) is 5.56. The van der Waals surface area contributed by atoms with Crippen LogP contribution >= 0.6 is 11.8 Å². The number of benzene rings is 2. The third-order valence-electron chi connectivity index (χ3n) is 3.79. The van der Waals surface area contributed by atoms with Gasteiger partial charge in [0.15, 0.2) is 5.16 Å². The number of hydrogen-bond donors (Lipinski definition) is 0. The van der Waals surface area contributed by atoms with Gasteiger partial charge in [0.1, 0.15) is 5.75 Å². The molecule has 0 spiro atoms. The minimum atomic E-state index is -0.0199. The Balaban J connectivity index is 0.00000225. The number of carbonyl (C=O) groups excluding carboxylic acids is 1. The highest BCUT2D eigenvalue weighted by molar-refractivity contribution is 8.14. The monoisotopic (exact) mass is 419 g/mol. The molecule has 3 aromatic rings. The summed E-state index contributed by atoms with van der Waals surface area (Å²) >= 11 is 1.15. The van der Waals surface area contributed by atoms with Gasteiger partial charge < -0.3 is 26.3 Å². The van der Waals surface area contributed by atoms with Gasteiger partial charge in [-0.2, -0.15) is 0 Å². The van der Waals surface area contributed by atoms with E-state index in [4.69, 9.17) is 4.74 Å². The van der Waals surface area contributed by atoms with Crippen LogP contribution in [-0.2, 0) is 7.05 Å². The number of aryl methyl sites for hydroxylation is 1. The average Bonchev–Trinajstić information content (AvgIpc) is 2.92. The molecule has 0 bridgehead atoms. The zero-order chi connectivity index (χ0) is 16.9. The molecule has 0 N–H and O–H groups in total. The zero-order valence-corrected chi connectivity index (χ0v) is 16.6. The van der Waals surface area contributed by atoms with Crippen LogP contribution in [0.3, 0.4) is 0 Å². The first-order valence-electron chi connectivity index (χ1n) is 8.05. The summed E-state index contributed by atoms with van der Waals surface area (Å²) in [6.45, 7) is 2.84. The SMILES string of the molecule is CCCCOc1ccc(C(=O)Sc2nc3ccccc3n2C)cc1.[Br-]. The molecule has 132 valence electrons. The van der Waals surface area contributed by atoms with Crippen LogP contribution in [0.5, 0.6) is 5.75 Å². The van der Waals surface area contributed by atoms with Gasteiger partial charge in [-0.25, -0.2) is 4.98 Å². The number of ether oxygens (including phenoxy) is 1. The van der Waals surface area contributed by atoms with E-state index < -0.39 is 0 Å². The molecule has 0 fully saturated rings. The Morgan fingerprint density at radius 2 is 1.88 bits per heavy atom. The Hall–Kier alpha value is -1.79. The summed E-state index contributed by atoms with van der Waals surface area (Å²) in [5, 5.41) is 0.679. The molecular formula is C19H20BrN2O2S-. The van der Waals surface area contributed by atoms with Gasteiger partial charge in [0.2, 0.25) is 5.12 Å². The molecule has 0 amide bonds. The van der Waals surface area contributed by atoms with Gasteiger partial charge in [-0.3, -0.25) is 4.79 Å². The topological polar surface area (TPSA) is 44.1 Å². The molecule has 0 saturated heterocycles. The lowest BCUT2D eigenvalue weighted by atomic mass is 10.2. The largest absolute Gasteiger partial charge is 1.00 e. The van der Waals surface area contributed by atoms with Crippen molar-refractivity contribution in [2.45, 2.75) is 24.9 Å². The van der Waals surface area contributed by atoms with Crippen molar-refractivity contribution in [1.29, 1.82) is 0 Å². The second kappa shape index (κ2) is 9.06. The third-order valence-corrected chi connectivity index (χ3v) is 4.76. The molecule has 0 aliphatic carbocycles. The highest BCUT2D eigenvalue weighted by Crippen LogP contribution is 2.26. The molecule has 3 rings (SSSR count). The van der Waals surface area contributed by atoms with E-state index in [2.05, 4.69) is 11.9 Å². The van der Waals surface area contributed by atoms with Crippen LogP contribution in [0.1, 0.15) is 30.1 Å². The number of imidazole rings is 1. The van der Waals surface area contributed by atoms with Crippen LogP contribution < -0.4 is 21.7 Å². The van der Waals surface area contributed by atoms with E-state index >= 15 is 0 Å². The molecule has 4 nitrogen and oxygen atoms in total. The first-order chi connectivity index (χ1) is 11.7. The number of thioether (sulfide) groups is 1. The van der Waals surface area contributed by atoms with Crippen molar-refractivity contribution in [2.24, 2.45) is 7.05 Å². The normalized spacial score (nSPS) is 10.5. The lowest BCUT2D eigenvalue weighted by Crippen LogP contribution is -3.00. The maximum Gasteiger partial charge on any atom is 0.227 e. The molecule has 0 saturated carbocycles. The standard InChI is InChI=1S/C19H20N2O2S.BrH/c1-3-4-13-23-15-11-9-14(10-12-15)18(22)24-19-20-16-7-5-6-8-17(16)21(19)2;/h5-12H,3-4,13H2,1-2H3;1H/p-1. The van der Waals surface area contributed by atoms with Crippen LogP contribution in [-0.4, -0.2) is 21.3 Å². The summed E-state index contributed by atoms with van der Waals surface area (Å²) in [4.78, 5) is 17.0. The van der Waals surface area contributed by atoms with E-state index in [0.29, 0.717) is 17.3 Å². The number of hydrogen-bond acceptors (Lipinski definition) is 4. The highest BCUT2D eigenvalue weighted by Gasteiger charge is 2.14. The lowest BCUT2D eigenvalue weighted by molar-refractivity contribution is -0.0000122. The molecule has 6 heteroatoms. The Labute approximate surface area is 162 Å². The smallest absolute Gasteiger partial charge is 0.227 e. The molecular weight excluding hydrogens is 400 g/mol. The molecule has 0 aliphatic rings. The fourth-order valence-corrected chi connectivity index (χ4v) is 3.18. The van der Waals surface area contributed by atoms with E-state index in [0.717, 1.165) is 41.4 Å². The van der Waals surface area contributed by atoms with Crippen molar-refractivity contribution in [3.8, 4) is 5.75 Å². The molecule has 1 heterocycles. The number of para-hydroxylation sites is 2. The van der Waals surface area contributed by atoms with Crippen molar-refractivity contribution < 1.29 is 26.5 Å². The number of fused-ring (bicyclic) bond motifs is 1. The van der Waals surface area contributed by atoms with Crippen molar-refractivity contribution in [1.82, 2.24) is 9.55 Å². The van der Waals surface area contributed by atoms with Crippen LogP contribution in [0.4, 0.5) is 0 Å². The van der Waals surface area contributed by atoms with Gasteiger partial charge in [-0.15, -0.1) is 0 Å². The number of nitrogens with zero attached hydrogens (tertiary/aromatic N) is 2. The van der Waals surface area contributed by atoms with Gasteiger partial charge in [0, 0.05) is 12.6 Å². The van der Waals surface area contributed by atoms with E-state index in [1.165, 1.54) is 0 Å². The second-order valence-corrected chi connectivity index (χ2v) is 6.50. The van der Waals surface area contributed by atoms with Gasteiger partial charge >= 0.3 is 0 Å². The molecule has 0 unspecified atom stereocenters. The number of rotatable bonds is 6. The number of unbranched alkanes of at least 4 members (excludes halogenated alkanes) is 1. The Morgan fingerprint density at radius 3 is 2.56 bits per heavy atom. The van der Waals surface area contributed by atoms with Gasteiger partial charge in [-0.1, -0.05) is 25.5 Å². The van der Waals surface area contributed by atoms with Crippen LogP contribution in [0.15, 0.2) is 53.7 Å². The maximum absolute atomic E-state index is 12.5. The average molecular weight is 420 g/mol. The maximum atomic E-state index is 12.5. The first-order valence-corrected chi connectivity index (χ1v) is 8.87. The predicted octanol–water partition coefficient (Wildman–Crippen LogP) is 1.69. The Morgan fingerprint density at radius 1 is 1.16 bits per heavy atom. The molecule has 1 aromatic heterocycles. The van der Waals surface area contributed by atoms with E-state index in [1.54, 1.807) is 12.1 Å². The van der Waals surface area contributed by atoms with Crippen LogP contribution in [0.25, 0.3) is 11.0 Å². The minimum Gasteiger partial charge on any atom is -1.00 e. The minimum absolute atomic E-state index is 0. The number of halogens is 1. The van der Waals surface area contributed by atoms with Crippen molar-refractivity contribution in [3.05, 3.63) is 54.1 Å². The Bertz CT molecular complexity index is 846. The van der Waals surface area contributed by atoms with E-state index in [-0.39, 0.29) is 22.1 Å². The van der Waals surface area contributed by atoms with Crippen LogP contribution in [0, 0.1) is 0 Å². The summed E-state index contributed by atoms with van der Waals surface area (Å²) in [6.07, 6.45) is 2.13. The van der Waals surface area contributed by atoms with Crippen LogP contribution in [0.2, 0.25) is 0 Å². The molecule has 2 aromatic carbocycles. The van der Waals surface area contributed by atoms with Gasteiger partial charge in [0.05, 0.1) is 17.6 Å². The molecule has 0 aliphatic heterocycles. The first kappa shape index (κ1) is 19.5. The van der Waals surface area contributed by atoms with Gasteiger partial charge in [0.25, 0.3) is 0 Å². The number of aromatic nitrogens is 2. The zero-order valence-electron chi connectivity index (χ0n) is 14.2. The van der Waals surface area contributed by atoms with E-state index in [9.17, 15) is 4.79 Å². The highest BCUT2D eigenvalue weighted by atomic mass is 79.9. The molecule has 0 radical (unpaired) electrons. The summed E-state index contributed by atoms with van der Waals surface area (Å²) in [5.41, 5.74) is 2.57. The summed E-state index contributed by atoms with van der Waals surface area (Å²) in [6, 6.07) is 15.2. The van der Waals surface area contributed by atoms with Gasteiger partial charge in [-0.05, 0) is 54.6 Å². The quantitative estimate of drug-likeness (QED) is 0.450. The summed E-state index contributed by atoms with van der Waals surface area (Å²) in [7, 11) is 1.93. The number of carbonyl (C=O) groups is 1. The summed E-state index contributed by atoms with van der Waals surface area (Å²) in [5.74, 6) is 0.799. The van der Waals surface area contributed by atoms with E-state index in [1.807, 2.05) is 48.0 Å². The van der Waals surface area contributed by atoms with Crippen molar-refractivity contribution in [2.75, 3.05) is 6.61 Å². The fourth-order valence-electron chi connectivity index (χ4n) is 2.38. The van der Waals surface area contributed by atoms with Crippen molar-refractivity contribution >= 4 is 27.9 Å². The predicted molar refractivity (Wildman–Crippen MR) is 97.7 cm³/mol.